The molecule has 0 unspecified atom stereocenters. The number of hydrogen-bond donors (Lipinski definition) is 1. The molecule has 0 aliphatic carbocycles. The lowest BCUT2D eigenvalue weighted by atomic mass is 10.8. The Labute approximate surface area is 40.6 Å². The summed E-state index contributed by atoms with van der Waals surface area (Å²) >= 11 is 0. The average Bonchev–Trinajstić information content (AvgIpc) is 1.76. The molecule has 0 spiro atoms. The van der Waals surface area contributed by atoms with Gasteiger partial charge in [0, 0.05) is 12.4 Å². The number of nitrogens with one attached hydrogen (secondary N) is 1. The van der Waals surface area contributed by atoms with E-state index in [4.69, 9.17) is 0 Å². The smallest absolute Gasteiger partial charge is 0.0487 e. The van der Waals surface area contributed by atoms with Crippen LogP contribution >= 0.6 is 0 Å². The largest absolute Gasteiger partial charge is 0.286 e. The van der Waals surface area contributed by atoms with E-state index >= 15 is 0 Å². The molecule has 0 fully saturated rings. The zero-order valence-electron chi connectivity index (χ0n) is 2.68. The van der Waals surface area contributed by atoms with Crippen molar-refractivity contribution in [3.63, 3.8) is 0 Å². The average molecular weight is 100 g/mol. The molecular weight excluding hydrogens is 92.1 g/mol. The molecule has 1 rings (SSSR count). The first-order valence-electron chi connectivity index (χ1n) is 1.44. The predicted octanol–water partition coefficient (Wildman–Crippen LogP) is -1.04. The van der Waals surface area contributed by atoms with Crippen LogP contribution in [0, 0.1) is 0 Å². The van der Waals surface area contributed by atoms with Crippen molar-refractivity contribution < 1.29 is 0 Å². The highest BCUT2D eigenvalue weighted by molar-refractivity contribution is 5.75. The third-order valence-electron chi connectivity index (χ3n) is 0.406. The molecule has 1 N–H and O–H groups in total. The molecular formula is C3H8N2Si. The van der Waals surface area contributed by atoms with Crippen LogP contribution in [0.4, 0.5) is 0 Å². The molecule has 0 atom stereocenters. The topological polar surface area (TPSA) is 28.7 Å². The van der Waals surface area contributed by atoms with Gasteiger partial charge in [0.15, 0.2) is 0 Å². The third-order valence-corrected chi connectivity index (χ3v) is 0.406. The van der Waals surface area contributed by atoms with Crippen molar-refractivity contribution in [2.24, 2.45) is 0 Å². The van der Waals surface area contributed by atoms with Crippen LogP contribution in [0.25, 0.3) is 0 Å². The van der Waals surface area contributed by atoms with Crippen LogP contribution in [0.5, 0.6) is 0 Å². The second-order valence-corrected chi connectivity index (χ2v) is 0.766. The van der Waals surface area contributed by atoms with E-state index in [-0.39, 0.29) is 11.0 Å². The van der Waals surface area contributed by atoms with Crippen LogP contribution in [-0.4, -0.2) is 21.2 Å². The lowest BCUT2D eigenvalue weighted by molar-refractivity contribution is 1.09. The van der Waals surface area contributed by atoms with Crippen molar-refractivity contribution in [2.75, 3.05) is 0 Å². The molecule has 0 radical (unpaired) electrons. The SMILES string of the molecule is [SiH4].c1cn[nH]c1. The van der Waals surface area contributed by atoms with Crippen LogP contribution in [0.1, 0.15) is 0 Å². The minimum absolute atomic E-state index is 0. The monoisotopic (exact) mass is 100 g/mol. The fourth-order valence-electron chi connectivity index (χ4n) is 0.215. The van der Waals surface area contributed by atoms with Crippen LogP contribution < -0.4 is 0 Å². The molecule has 0 saturated carbocycles. The molecule has 0 bridgehead atoms. The van der Waals surface area contributed by atoms with Gasteiger partial charge >= 0.3 is 0 Å². The second-order valence-electron chi connectivity index (χ2n) is 0.766. The number of nitrogens with zero attached hydrogens (tertiary/aromatic N) is 1. The molecule has 3 heteroatoms. The van der Waals surface area contributed by atoms with Crippen LogP contribution in [0.3, 0.4) is 0 Å². The minimum atomic E-state index is 0. The molecule has 0 aliphatic rings. The van der Waals surface area contributed by atoms with Gasteiger partial charge in [0.25, 0.3) is 0 Å². The maximum Gasteiger partial charge on any atom is 0.0487 e. The van der Waals surface area contributed by atoms with Crippen molar-refractivity contribution in [3.05, 3.63) is 18.5 Å². The highest BCUT2D eigenvalue weighted by Crippen LogP contribution is 1.64. The quantitative estimate of drug-likeness (QED) is 0.414. The summed E-state index contributed by atoms with van der Waals surface area (Å²) in [5.74, 6) is 0. The number of H-pyrrole nitrogens is 1. The van der Waals surface area contributed by atoms with Gasteiger partial charge in [-0.1, -0.05) is 0 Å². The summed E-state index contributed by atoms with van der Waals surface area (Å²) in [5, 5.41) is 6.21. The van der Waals surface area contributed by atoms with Gasteiger partial charge in [0.05, 0.1) is 0 Å². The summed E-state index contributed by atoms with van der Waals surface area (Å²) in [6.45, 7) is 0. The van der Waals surface area contributed by atoms with E-state index < -0.39 is 0 Å². The molecule has 34 valence electrons. The highest BCUT2D eigenvalue weighted by atomic mass is 28.1. The van der Waals surface area contributed by atoms with Crippen LogP contribution in [0.15, 0.2) is 18.5 Å². The summed E-state index contributed by atoms with van der Waals surface area (Å²) in [7, 11) is 0. The molecule has 1 aromatic heterocycles. The van der Waals surface area contributed by atoms with E-state index in [1.54, 1.807) is 12.4 Å². The van der Waals surface area contributed by atoms with Crippen LogP contribution in [0.2, 0.25) is 0 Å². The van der Waals surface area contributed by atoms with Gasteiger partial charge in [-0.25, -0.2) is 0 Å². The summed E-state index contributed by atoms with van der Waals surface area (Å²) in [5.41, 5.74) is 0. The molecule has 6 heavy (non-hydrogen) atoms. The van der Waals surface area contributed by atoms with E-state index in [9.17, 15) is 0 Å². The predicted molar refractivity (Wildman–Crippen MR) is 29.9 cm³/mol. The molecule has 1 aromatic rings. The lowest BCUT2D eigenvalue weighted by Gasteiger charge is -1.49. The highest BCUT2D eigenvalue weighted by Gasteiger charge is 1.56. The normalized spacial score (nSPS) is 6.67. The maximum absolute atomic E-state index is 3.60. The Morgan fingerprint density at radius 1 is 1.50 bits per heavy atom. The van der Waals surface area contributed by atoms with E-state index in [0.717, 1.165) is 0 Å². The summed E-state index contributed by atoms with van der Waals surface area (Å²) in [6, 6.07) is 1.83. The van der Waals surface area contributed by atoms with Gasteiger partial charge < -0.3 is 0 Å². The zero-order chi connectivity index (χ0) is 3.54. The van der Waals surface area contributed by atoms with Crippen molar-refractivity contribution in [3.8, 4) is 0 Å². The Balaban J connectivity index is 0.000000250. The Kier molecular flexibility index (Phi) is 2.40. The summed E-state index contributed by atoms with van der Waals surface area (Å²) in [6.07, 6.45) is 3.46. The third kappa shape index (κ3) is 1.03. The maximum atomic E-state index is 3.60. The minimum Gasteiger partial charge on any atom is -0.286 e. The van der Waals surface area contributed by atoms with Gasteiger partial charge in [0.2, 0.25) is 0 Å². The van der Waals surface area contributed by atoms with Crippen molar-refractivity contribution in [1.82, 2.24) is 10.2 Å². The second kappa shape index (κ2) is 2.65. The van der Waals surface area contributed by atoms with Crippen molar-refractivity contribution in [1.29, 1.82) is 0 Å². The summed E-state index contributed by atoms with van der Waals surface area (Å²) in [4.78, 5) is 0. The first kappa shape index (κ1) is 5.43. The number of aromatic amines is 1. The van der Waals surface area contributed by atoms with Gasteiger partial charge in [-0.05, 0) is 17.0 Å². The van der Waals surface area contributed by atoms with E-state index in [0.29, 0.717) is 0 Å². The van der Waals surface area contributed by atoms with Gasteiger partial charge in [-0.2, -0.15) is 5.10 Å². The molecule has 2 nitrogen and oxygen atoms in total. The standard InChI is InChI=1S/C3H4N2.H4Si/c1-2-4-5-3-1;/h1-3H,(H,4,5);1H4. The van der Waals surface area contributed by atoms with Crippen LogP contribution in [-0.2, 0) is 0 Å². The van der Waals surface area contributed by atoms with E-state index in [1.807, 2.05) is 6.07 Å². The van der Waals surface area contributed by atoms with Gasteiger partial charge in [-0.3, -0.25) is 5.10 Å². The molecule has 0 aliphatic heterocycles. The molecule has 1 heterocycles. The van der Waals surface area contributed by atoms with Gasteiger partial charge in [0.1, 0.15) is 0 Å². The van der Waals surface area contributed by atoms with Crippen molar-refractivity contribution >= 4 is 11.0 Å². The van der Waals surface area contributed by atoms with E-state index in [1.165, 1.54) is 0 Å². The first-order chi connectivity index (χ1) is 2.50. The molecule has 0 amide bonds. The molecule has 0 aromatic carbocycles. The summed E-state index contributed by atoms with van der Waals surface area (Å²) < 4.78 is 0. The Morgan fingerprint density at radius 3 is 2.50 bits per heavy atom. The van der Waals surface area contributed by atoms with Gasteiger partial charge in [-0.15, -0.1) is 0 Å². The Morgan fingerprint density at radius 2 is 2.33 bits per heavy atom. The zero-order valence-corrected chi connectivity index (χ0v) is 2.68. The fourth-order valence-corrected chi connectivity index (χ4v) is 0.215. The van der Waals surface area contributed by atoms with Crippen molar-refractivity contribution in [2.45, 2.75) is 0 Å². The lowest BCUT2D eigenvalue weighted by Crippen LogP contribution is -1.53. The fraction of sp³-hybridized carbons (Fsp3) is 0. The number of aromatic nitrogens is 2. The van der Waals surface area contributed by atoms with E-state index in [2.05, 4.69) is 10.2 Å². The molecule has 0 saturated heterocycles. The first-order valence-corrected chi connectivity index (χ1v) is 1.44. The number of rotatable bonds is 0. The Bertz CT molecular complexity index is 65.3. The Hall–Kier alpha value is -0.573. The number of hydrogen-bond acceptors (Lipinski definition) is 1.